The molecule has 3 aromatic rings. The molecule has 0 amide bonds. The number of hydrogen-bond donors (Lipinski definition) is 2. The summed E-state index contributed by atoms with van der Waals surface area (Å²) in [5.41, 5.74) is 0.853. The van der Waals surface area contributed by atoms with Gasteiger partial charge >= 0.3 is 5.76 Å². The molecule has 160 valence electrons. The lowest BCUT2D eigenvalue weighted by Gasteiger charge is -2.26. The van der Waals surface area contributed by atoms with Gasteiger partial charge in [0.25, 0.3) is 5.56 Å². The quantitative estimate of drug-likeness (QED) is 0.624. The Hall–Kier alpha value is -2.46. The molecule has 1 aliphatic rings. The van der Waals surface area contributed by atoms with E-state index < -0.39 is 17.7 Å². The minimum atomic E-state index is -0.691. The molecule has 0 radical (unpaired) electrons. The van der Waals surface area contributed by atoms with Gasteiger partial charge in [-0.25, -0.2) is 9.18 Å². The average molecular weight is 457 g/mol. The smallest absolute Gasteiger partial charge is 0.372 e. The van der Waals surface area contributed by atoms with Crippen LogP contribution in [0.25, 0.3) is 11.4 Å². The molecule has 0 saturated carbocycles. The normalized spacial score (nSPS) is 19.1. The van der Waals surface area contributed by atoms with Crippen molar-refractivity contribution in [3.63, 3.8) is 0 Å². The number of pyridine rings is 1. The van der Waals surface area contributed by atoms with E-state index in [1.54, 1.807) is 22.9 Å². The maximum atomic E-state index is 14.0. The van der Waals surface area contributed by atoms with E-state index in [-0.39, 0.29) is 34.7 Å². The van der Waals surface area contributed by atoms with Gasteiger partial charge in [0.2, 0.25) is 0 Å². The van der Waals surface area contributed by atoms with Gasteiger partial charge in [-0.3, -0.25) is 14.3 Å². The van der Waals surface area contributed by atoms with Gasteiger partial charge in [0.1, 0.15) is 5.82 Å². The van der Waals surface area contributed by atoms with E-state index in [0.717, 1.165) is 0 Å². The number of benzene rings is 1. The molecule has 0 spiro atoms. The molecule has 1 aliphatic heterocycles. The van der Waals surface area contributed by atoms with Gasteiger partial charge in [-0.05, 0) is 23.8 Å². The van der Waals surface area contributed by atoms with Crippen LogP contribution in [0.1, 0.15) is 11.7 Å². The first kappa shape index (κ1) is 22.2. The minimum absolute atomic E-state index is 0. The van der Waals surface area contributed by atoms with Crippen molar-refractivity contribution in [3.05, 3.63) is 73.8 Å². The lowest BCUT2D eigenvalue weighted by Crippen LogP contribution is -2.32. The van der Waals surface area contributed by atoms with Crippen LogP contribution in [0, 0.1) is 11.7 Å². The highest BCUT2D eigenvalue weighted by molar-refractivity contribution is 6.30. The lowest BCUT2D eigenvalue weighted by molar-refractivity contribution is 0.0249. The molecule has 1 saturated heterocycles. The number of ether oxygens (including phenoxy) is 1. The predicted octanol–water partition coefficient (Wildman–Crippen LogP) is 2.38. The maximum absolute atomic E-state index is 14.0. The van der Waals surface area contributed by atoms with Gasteiger partial charge in [-0.15, -0.1) is 12.4 Å². The third-order valence-corrected chi connectivity index (χ3v) is 5.13. The fourth-order valence-electron chi connectivity index (χ4n) is 3.42. The Bertz CT molecular complexity index is 1130. The summed E-state index contributed by atoms with van der Waals surface area (Å²) in [6.07, 6.45) is 1.23. The van der Waals surface area contributed by atoms with Gasteiger partial charge in [-0.2, -0.15) is 0 Å². The maximum Gasteiger partial charge on any atom is 0.439 e. The summed E-state index contributed by atoms with van der Waals surface area (Å²) in [4.78, 5) is 26.1. The molecule has 8 nitrogen and oxygen atoms in total. The molecule has 2 N–H and O–H groups in total. The van der Waals surface area contributed by atoms with E-state index in [9.17, 15) is 14.0 Å². The van der Waals surface area contributed by atoms with E-state index in [4.69, 9.17) is 16.3 Å². The van der Waals surface area contributed by atoms with Crippen molar-refractivity contribution in [2.45, 2.75) is 12.6 Å². The topological polar surface area (TPSA) is 102 Å². The molecular weight excluding hydrogens is 438 g/mol. The van der Waals surface area contributed by atoms with Crippen molar-refractivity contribution in [1.82, 2.24) is 20.0 Å². The number of aromatic amines is 1. The number of nitrogens with zero attached hydrogens (tertiary/aromatic N) is 2. The van der Waals surface area contributed by atoms with Crippen molar-refractivity contribution in [2.75, 3.05) is 19.7 Å². The zero-order valence-corrected chi connectivity index (χ0v) is 17.2. The summed E-state index contributed by atoms with van der Waals surface area (Å²) in [7, 11) is 0. The summed E-state index contributed by atoms with van der Waals surface area (Å²) in [5.74, 6) is -1.13. The van der Waals surface area contributed by atoms with Crippen LogP contribution < -0.4 is 16.6 Å². The summed E-state index contributed by atoms with van der Waals surface area (Å²) in [6.45, 7) is 2.09. The molecule has 0 unspecified atom stereocenters. The van der Waals surface area contributed by atoms with E-state index >= 15 is 0 Å². The number of nitrogens with one attached hydrogen (secondary N) is 2. The second kappa shape index (κ2) is 9.57. The van der Waals surface area contributed by atoms with E-state index in [1.165, 1.54) is 18.2 Å². The van der Waals surface area contributed by atoms with Crippen LogP contribution in [-0.2, 0) is 11.3 Å². The second-order valence-electron chi connectivity index (χ2n) is 6.78. The largest absolute Gasteiger partial charge is 0.439 e. The third kappa shape index (κ3) is 4.81. The zero-order chi connectivity index (χ0) is 20.4. The summed E-state index contributed by atoms with van der Waals surface area (Å²) >= 11 is 5.80. The Morgan fingerprint density at radius 3 is 2.80 bits per heavy atom. The Kier molecular flexibility index (Phi) is 7.09. The number of rotatable bonds is 4. The van der Waals surface area contributed by atoms with Gasteiger partial charge in [0.05, 0.1) is 17.7 Å². The number of H-pyrrole nitrogens is 1. The summed E-state index contributed by atoms with van der Waals surface area (Å²) in [6, 6.07) is 7.65. The second-order valence-corrected chi connectivity index (χ2v) is 7.19. The molecule has 11 heteroatoms. The highest BCUT2D eigenvalue weighted by atomic mass is 35.5. The monoisotopic (exact) mass is 456 g/mol. The van der Waals surface area contributed by atoms with E-state index in [2.05, 4.69) is 20.0 Å². The Balaban J connectivity index is 0.00000256. The average Bonchev–Trinajstić information content (AvgIpc) is 3.00. The molecule has 3 heterocycles. The van der Waals surface area contributed by atoms with Crippen LogP contribution in [0.15, 0.2) is 50.6 Å². The highest BCUT2D eigenvalue weighted by Crippen LogP contribution is 2.30. The molecular formula is C19H19Cl2FN4O4. The van der Waals surface area contributed by atoms with E-state index in [0.29, 0.717) is 37.4 Å². The molecule has 0 aliphatic carbocycles. The van der Waals surface area contributed by atoms with Gasteiger partial charge in [0.15, 0.2) is 5.82 Å². The van der Waals surface area contributed by atoms with Crippen LogP contribution in [0.2, 0.25) is 5.02 Å². The highest BCUT2D eigenvalue weighted by Gasteiger charge is 2.27. The number of hydrogen-bond acceptors (Lipinski definition) is 6. The minimum Gasteiger partial charge on any atom is -0.372 e. The zero-order valence-electron chi connectivity index (χ0n) is 15.6. The fraction of sp³-hybridized carbons (Fsp3) is 0.316. The van der Waals surface area contributed by atoms with Crippen molar-refractivity contribution in [1.29, 1.82) is 0 Å². The van der Waals surface area contributed by atoms with Crippen molar-refractivity contribution >= 4 is 24.0 Å². The fourth-order valence-corrected chi connectivity index (χ4v) is 3.54. The Labute approximate surface area is 181 Å². The molecule has 2 atom stereocenters. The van der Waals surface area contributed by atoms with Crippen molar-refractivity contribution < 1.29 is 13.7 Å². The number of aromatic nitrogens is 3. The van der Waals surface area contributed by atoms with Gasteiger partial charge in [0, 0.05) is 43.4 Å². The first-order chi connectivity index (χ1) is 14.0. The molecule has 1 aromatic carbocycles. The Morgan fingerprint density at radius 1 is 1.27 bits per heavy atom. The Morgan fingerprint density at radius 2 is 2.10 bits per heavy atom. The van der Waals surface area contributed by atoms with Crippen LogP contribution in [0.5, 0.6) is 0 Å². The lowest BCUT2D eigenvalue weighted by atomic mass is 9.95. The number of halogens is 3. The van der Waals surface area contributed by atoms with Crippen molar-refractivity contribution in [3.8, 4) is 11.4 Å². The molecule has 2 aromatic heterocycles. The molecule has 30 heavy (non-hydrogen) atoms. The van der Waals surface area contributed by atoms with Crippen LogP contribution in [-0.4, -0.2) is 34.4 Å². The first-order valence-corrected chi connectivity index (χ1v) is 9.43. The summed E-state index contributed by atoms with van der Waals surface area (Å²) in [5, 5.41) is 6.92. The van der Waals surface area contributed by atoms with Crippen LogP contribution in [0.4, 0.5) is 4.39 Å². The summed E-state index contributed by atoms with van der Waals surface area (Å²) < 4.78 is 25.9. The van der Waals surface area contributed by atoms with E-state index in [1.807, 2.05) is 0 Å². The predicted molar refractivity (Wildman–Crippen MR) is 111 cm³/mol. The molecule has 0 bridgehead atoms. The van der Waals surface area contributed by atoms with Gasteiger partial charge < -0.3 is 14.6 Å². The van der Waals surface area contributed by atoms with Crippen LogP contribution >= 0.6 is 24.0 Å². The SMILES string of the molecule is Cl.O=c1[nH]c(-c2ccn(C[C@@H]3CNCCO[C@H]3c3ccc(Cl)c(F)c3)c(=O)c2)no1. The molecule has 1 fully saturated rings. The van der Waals surface area contributed by atoms with Gasteiger partial charge in [-0.1, -0.05) is 22.8 Å². The molecule has 4 rings (SSSR count). The third-order valence-electron chi connectivity index (χ3n) is 4.82. The van der Waals surface area contributed by atoms with Crippen LogP contribution in [0.3, 0.4) is 0 Å². The van der Waals surface area contributed by atoms with Crippen molar-refractivity contribution in [2.24, 2.45) is 5.92 Å². The standard InChI is InChI=1S/C19H18ClFN4O4.ClH/c20-14-2-1-11(7-15(14)21)17-13(9-22-4-6-28-17)10-25-5-3-12(8-16(25)26)18-23-19(27)29-24-18;/h1-3,5,7-8,13,17,22H,4,6,9-10H2,(H,23,24,27);1H/t13-,17-;/m0./s1. The first-order valence-electron chi connectivity index (χ1n) is 9.05.